The lowest BCUT2D eigenvalue weighted by atomic mass is 10.2. The zero-order valence-electron chi connectivity index (χ0n) is 9.17. The SMILES string of the molecule is O=C([O-])[C@H]1CCCN1C(=O)Oc1ccccc1. The van der Waals surface area contributed by atoms with Crippen molar-refractivity contribution in [1.29, 1.82) is 0 Å². The number of carbonyl (C=O) groups is 2. The molecule has 5 nitrogen and oxygen atoms in total. The van der Waals surface area contributed by atoms with Crippen LogP contribution in [-0.4, -0.2) is 29.5 Å². The second-order valence-corrected chi connectivity index (χ2v) is 3.85. The molecule has 0 saturated carbocycles. The number of para-hydroxylation sites is 1. The van der Waals surface area contributed by atoms with Crippen LogP contribution >= 0.6 is 0 Å². The summed E-state index contributed by atoms with van der Waals surface area (Å²) in [5.41, 5.74) is 0. The van der Waals surface area contributed by atoms with Gasteiger partial charge in [0.15, 0.2) is 0 Å². The number of hydrogen-bond acceptors (Lipinski definition) is 4. The number of amides is 1. The van der Waals surface area contributed by atoms with E-state index < -0.39 is 18.1 Å². The van der Waals surface area contributed by atoms with Gasteiger partial charge in [-0.05, 0) is 25.0 Å². The molecule has 1 aliphatic heterocycles. The van der Waals surface area contributed by atoms with Crippen LogP contribution in [0.1, 0.15) is 12.8 Å². The molecule has 1 saturated heterocycles. The minimum atomic E-state index is -1.23. The standard InChI is InChI=1S/C12H13NO4/c14-11(15)10-7-4-8-13(10)12(16)17-9-5-2-1-3-6-9/h1-3,5-6,10H,4,7-8H2,(H,14,15)/p-1/t10-/m1/s1. The van der Waals surface area contributed by atoms with Crippen LogP contribution in [-0.2, 0) is 4.79 Å². The molecule has 1 heterocycles. The quantitative estimate of drug-likeness (QED) is 0.742. The molecule has 0 aromatic heterocycles. The summed E-state index contributed by atoms with van der Waals surface area (Å²) in [6.07, 6.45) is 0.442. The summed E-state index contributed by atoms with van der Waals surface area (Å²) in [6, 6.07) is 7.69. The molecule has 17 heavy (non-hydrogen) atoms. The van der Waals surface area contributed by atoms with Crippen LogP contribution in [0.2, 0.25) is 0 Å². The Kier molecular flexibility index (Phi) is 3.27. The fraction of sp³-hybridized carbons (Fsp3) is 0.333. The molecular weight excluding hydrogens is 222 g/mol. The Hall–Kier alpha value is -2.04. The van der Waals surface area contributed by atoms with E-state index in [1.807, 2.05) is 0 Å². The lowest BCUT2D eigenvalue weighted by Gasteiger charge is -2.24. The normalized spacial score (nSPS) is 19.1. The summed E-state index contributed by atoms with van der Waals surface area (Å²) in [6.45, 7) is 0.393. The smallest absolute Gasteiger partial charge is 0.415 e. The monoisotopic (exact) mass is 234 g/mol. The molecule has 1 aromatic rings. The second kappa shape index (κ2) is 4.86. The summed E-state index contributed by atoms with van der Waals surface area (Å²) >= 11 is 0. The van der Waals surface area contributed by atoms with Crippen LogP contribution in [0.25, 0.3) is 0 Å². The maximum Gasteiger partial charge on any atom is 0.415 e. The number of likely N-dealkylation sites (tertiary alicyclic amines) is 1. The van der Waals surface area contributed by atoms with Gasteiger partial charge < -0.3 is 14.6 Å². The Morgan fingerprint density at radius 2 is 2.00 bits per heavy atom. The van der Waals surface area contributed by atoms with Crippen LogP contribution in [0.3, 0.4) is 0 Å². The fourth-order valence-electron chi connectivity index (χ4n) is 1.88. The van der Waals surface area contributed by atoms with Gasteiger partial charge in [-0.2, -0.15) is 0 Å². The molecular formula is C12H12NO4-. The van der Waals surface area contributed by atoms with E-state index in [0.717, 1.165) is 0 Å². The molecule has 0 radical (unpaired) electrons. The Balaban J connectivity index is 2.03. The zero-order chi connectivity index (χ0) is 12.3. The minimum absolute atomic E-state index is 0.393. The highest BCUT2D eigenvalue weighted by Crippen LogP contribution is 2.19. The highest BCUT2D eigenvalue weighted by molar-refractivity contribution is 5.80. The minimum Gasteiger partial charge on any atom is -0.548 e. The van der Waals surface area contributed by atoms with E-state index in [9.17, 15) is 14.7 Å². The van der Waals surface area contributed by atoms with Crippen molar-refractivity contribution in [2.24, 2.45) is 0 Å². The molecule has 0 spiro atoms. The van der Waals surface area contributed by atoms with Crippen molar-refractivity contribution in [1.82, 2.24) is 4.90 Å². The second-order valence-electron chi connectivity index (χ2n) is 3.85. The van der Waals surface area contributed by atoms with Gasteiger partial charge in [0, 0.05) is 6.54 Å². The number of aliphatic carboxylic acids is 1. The van der Waals surface area contributed by atoms with Gasteiger partial charge in [-0.15, -0.1) is 0 Å². The third-order valence-corrected chi connectivity index (χ3v) is 2.71. The van der Waals surface area contributed by atoms with Gasteiger partial charge in [-0.25, -0.2) is 4.79 Å². The van der Waals surface area contributed by atoms with E-state index in [1.165, 1.54) is 4.90 Å². The molecule has 1 amide bonds. The van der Waals surface area contributed by atoms with Crippen LogP contribution in [0.15, 0.2) is 30.3 Å². The van der Waals surface area contributed by atoms with Gasteiger partial charge >= 0.3 is 6.09 Å². The lowest BCUT2D eigenvalue weighted by Crippen LogP contribution is -2.47. The molecule has 0 bridgehead atoms. The summed E-state index contributed by atoms with van der Waals surface area (Å²) in [5, 5.41) is 10.8. The van der Waals surface area contributed by atoms with Crippen molar-refractivity contribution in [3.8, 4) is 5.75 Å². The average Bonchev–Trinajstić information content (AvgIpc) is 2.79. The first-order valence-corrected chi connectivity index (χ1v) is 5.43. The number of carboxylic acid groups (broad SMARTS) is 1. The number of carbonyl (C=O) groups excluding carboxylic acids is 2. The van der Waals surface area contributed by atoms with E-state index in [4.69, 9.17) is 4.74 Å². The maximum atomic E-state index is 11.7. The van der Waals surface area contributed by atoms with Gasteiger partial charge in [0.2, 0.25) is 0 Å². The van der Waals surface area contributed by atoms with Crippen molar-refractivity contribution >= 4 is 12.1 Å². The van der Waals surface area contributed by atoms with Crippen LogP contribution in [0.4, 0.5) is 4.79 Å². The molecule has 1 aromatic carbocycles. The molecule has 1 atom stereocenters. The van der Waals surface area contributed by atoms with E-state index in [0.29, 0.717) is 25.1 Å². The van der Waals surface area contributed by atoms with E-state index >= 15 is 0 Å². The fourth-order valence-corrected chi connectivity index (χ4v) is 1.88. The summed E-state index contributed by atoms with van der Waals surface area (Å²) in [5.74, 6) is -0.825. The van der Waals surface area contributed by atoms with Crippen LogP contribution in [0.5, 0.6) is 5.75 Å². The summed E-state index contributed by atoms with van der Waals surface area (Å²) in [4.78, 5) is 23.7. The highest BCUT2D eigenvalue weighted by atomic mass is 16.6. The topological polar surface area (TPSA) is 69.7 Å². The van der Waals surface area contributed by atoms with E-state index in [2.05, 4.69) is 0 Å². The molecule has 2 rings (SSSR count). The molecule has 0 unspecified atom stereocenters. The average molecular weight is 234 g/mol. The van der Waals surface area contributed by atoms with Gasteiger partial charge in [0.05, 0.1) is 12.0 Å². The third-order valence-electron chi connectivity index (χ3n) is 2.71. The number of nitrogens with zero attached hydrogens (tertiary/aromatic N) is 1. The first-order chi connectivity index (χ1) is 8.18. The Morgan fingerprint density at radius 3 is 2.65 bits per heavy atom. The van der Waals surface area contributed by atoms with Gasteiger partial charge in [-0.1, -0.05) is 18.2 Å². The van der Waals surface area contributed by atoms with Gasteiger partial charge in [-0.3, -0.25) is 4.90 Å². The zero-order valence-corrected chi connectivity index (χ0v) is 9.17. The van der Waals surface area contributed by atoms with E-state index in [1.54, 1.807) is 30.3 Å². The van der Waals surface area contributed by atoms with Crippen molar-refractivity contribution < 1.29 is 19.4 Å². The van der Waals surface area contributed by atoms with Crippen molar-refractivity contribution in [3.63, 3.8) is 0 Å². The number of carboxylic acids is 1. The Labute approximate surface area is 98.6 Å². The molecule has 1 fully saturated rings. The predicted molar refractivity (Wildman–Crippen MR) is 57.2 cm³/mol. The largest absolute Gasteiger partial charge is 0.548 e. The molecule has 0 N–H and O–H groups in total. The maximum absolute atomic E-state index is 11.7. The van der Waals surface area contributed by atoms with Crippen LogP contribution in [0, 0.1) is 0 Å². The number of hydrogen-bond donors (Lipinski definition) is 0. The van der Waals surface area contributed by atoms with E-state index in [-0.39, 0.29) is 0 Å². The van der Waals surface area contributed by atoms with Crippen molar-refractivity contribution in [2.45, 2.75) is 18.9 Å². The van der Waals surface area contributed by atoms with Crippen molar-refractivity contribution in [3.05, 3.63) is 30.3 Å². The highest BCUT2D eigenvalue weighted by Gasteiger charge is 2.30. The third kappa shape index (κ3) is 2.55. The van der Waals surface area contributed by atoms with Crippen molar-refractivity contribution in [2.75, 3.05) is 6.54 Å². The molecule has 1 aliphatic rings. The van der Waals surface area contributed by atoms with Gasteiger partial charge in [0.25, 0.3) is 0 Å². The Bertz CT molecular complexity index is 418. The van der Waals surface area contributed by atoms with Gasteiger partial charge in [0.1, 0.15) is 5.75 Å². The first-order valence-electron chi connectivity index (χ1n) is 5.43. The number of rotatable bonds is 2. The number of benzene rings is 1. The lowest BCUT2D eigenvalue weighted by molar-refractivity contribution is -0.310. The number of ether oxygens (including phenoxy) is 1. The Morgan fingerprint density at radius 1 is 1.29 bits per heavy atom. The molecule has 90 valence electrons. The summed E-state index contributed by atoms with van der Waals surface area (Å²) < 4.78 is 5.07. The molecule has 5 heteroatoms. The first kappa shape index (κ1) is 11.4. The summed E-state index contributed by atoms with van der Waals surface area (Å²) in [7, 11) is 0. The van der Waals surface area contributed by atoms with Crippen LogP contribution < -0.4 is 9.84 Å². The molecule has 0 aliphatic carbocycles. The predicted octanol–water partition coefficient (Wildman–Crippen LogP) is 0.400.